The lowest BCUT2D eigenvalue weighted by atomic mass is 10.2. The zero-order chi connectivity index (χ0) is 18.0. The first kappa shape index (κ1) is 17.2. The van der Waals surface area contributed by atoms with Crippen LogP contribution in [0.5, 0.6) is 0 Å². The topological polar surface area (TPSA) is 55.1 Å². The number of amides is 1. The molecular formula is C17H13F3N2O2S. The summed E-state index contributed by atoms with van der Waals surface area (Å²) in [4.78, 5) is 16.4. The van der Waals surface area contributed by atoms with Gasteiger partial charge in [0.25, 0.3) is 0 Å². The fraction of sp³-hybridized carbons (Fsp3) is 0.176. The molecule has 0 aliphatic rings. The normalized spacial score (nSPS) is 11.5. The first-order chi connectivity index (χ1) is 11.8. The summed E-state index contributed by atoms with van der Waals surface area (Å²) in [6.45, 7) is 1.83. The van der Waals surface area contributed by atoms with E-state index in [1.54, 1.807) is 11.4 Å². The molecular weight excluding hydrogens is 353 g/mol. The number of hydrogen-bond donors (Lipinski definition) is 1. The molecule has 2 heterocycles. The van der Waals surface area contributed by atoms with Gasteiger partial charge in [0.2, 0.25) is 5.91 Å². The summed E-state index contributed by atoms with van der Waals surface area (Å²) >= 11 is 1.36. The third kappa shape index (κ3) is 4.27. The van der Waals surface area contributed by atoms with Crippen LogP contribution in [0.2, 0.25) is 0 Å². The highest BCUT2D eigenvalue weighted by molar-refractivity contribution is 7.13. The number of carbonyl (C=O) groups excluding carboxylic acids is 1. The Labute approximate surface area is 145 Å². The van der Waals surface area contributed by atoms with Gasteiger partial charge in [0.1, 0.15) is 5.76 Å². The molecule has 0 radical (unpaired) electrons. The van der Waals surface area contributed by atoms with Crippen LogP contribution in [0.4, 0.5) is 18.9 Å². The summed E-state index contributed by atoms with van der Waals surface area (Å²) in [5.41, 5.74) is 0.108. The SMILES string of the molecule is Cc1ccc(-c2nc(CC(=O)Nc3ccc(C(F)(F)F)cc3)cs2)o1. The van der Waals surface area contributed by atoms with Gasteiger partial charge < -0.3 is 9.73 Å². The molecule has 0 aliphatic carbocycles. The van der Waals surface area contributed by atoms with Crippen molar-refractivity contribution in [1.82, 2.24) is 4.98 Å². The predicted molar refractivity (Wildman–Crippen MR) is 88.3 cm³/mol. The first-order valence-electron chi connectivity index (χ1n) is 7.29. The first-order valence-corrected chi connectivity index (χ1v) is 8.17. The molecule has 0 atom stereocenters. The zero-order valence-electron chi connectivity index (χ0n) is 13.1. The van der Waals surface area contributed by atoms with Crippen molar-refractivity contribution in [2.24, 2.45) is 0 Å². The lowest BCUT2D eigenvalue weighted by Crippen LogP contribution is -2.15. The molecule has 0 unspecified atom stereocenters. The van der Waals surface area contributed by atoms with Crippen LogP contribution in [-0.2, 0) is 17.4 Å². The van der Waals surface area contributed by atoms with Crippen LogP contribution in [0.3, 0.4) is 0 Å². The van der Waals surface area contributed by atoms with Gasteiger partial charge in [0.05, 0.1) is 17.7 Å². The Morgan fingerprint density at radius 3 is 2.52 bits per heavy atom. The number of alkyl halides is 3. The molecule has 0 spiro atoms. The van der Waals surface area contributed by atoms with Crippen molar-refractivity contribution < 1.29 is 22.4 Å². The summed E-state index contributed by atoms with van der Waals surface area (Å²) in [7, 11) is 0. The highest BCUT2D eigenvalue weighted by Gasteiger charge is 2.30. The number of hydrogen-bond acceptors (Lipinski definition) is 4. The molecule has 0 bridgehead atoms. The van der Waals surface area contributed by atoms with Crippen molar-refractivity contribution in [2.75, 3.05) is 5.32 Å². The van der Waals surface area contributed by atoms with E-state index in [9.17, 15) is 18.0 Å². The zero-order valence-corrected chi connectivity index (χ0v) is 13.9. The van der Waals surface area contributed by atoms with Crippen molar-refractivity contribution in [1.29, 1.82) is 0 Å². The number of nitrogens with one attached hydrogen (secondary N) is 1. The minimum absolute atomic E-state index is 0.0250. The molecule has 130 valence electrons. The molecule has 3 aromatic rings. The van der Waals surface area contributed by atoms with Crippen molar-refractivity contribution >= 4 is 22.9 Å². The number of aryl methyl sites for hydroxylation is 1. The van der Waals surface area contributed by atoms with Gasteiger partial charge in [-0.3, -0.25) is 4.79 Å². The molecule has 8 heteroatoms. The standard InChI is InChI=1S/C17H13F3N2O2S/c1-10-2-7-14(24-10)16-22-13(9-25-16)8-15(23)21-12-5-3-11(4-6-12)17(18,19)20/h2-7,9H,8H2,1H3,(H,21,23). The van der Waals surface area contributed by atoms with Gasteiger partial charge in [0, 0.05) is 11.1 Å². The van der Waals surface area contributed by atoms with Crippen LogP contribution < -0.4 is 5.32 Å². The van der Waals surface area contributed by atoms with Crippen molar-refractivity contribution in [3.63, 3.8) is 0 Å². The second-order valence-corrected chi connectivity index (χ2v) is 6.21. The van der Waals surface area contributed by atoms with Gasteiger partial charge in [-0.2, -0.15) is 13.2 Å². The summed E-state index contributed by atoms with van der Waals surface area (Å²) in [6, 6.07) is 7.93. The molecule has 0 saturated carbocycles. The molecule has 4 nitrogen and oxygen atoms in total. The predicted octanol–water partition coefficient (Wildman–Crippen LogP) is 4.91. The quantitative estimate of drug-likeness (QED) is 0.714. The van der Waals surface area contributed by atoms with E-state index in [0.717, 1.165) is 17.9 Å². The van der Waals surface area contributed by atoms with E-state index in [1.165, 1.54) is 23.5 Å². The van der Waals surface area contributed by atoms with Crippen LogP contribution in [-0.4, -0.2) is 10.9 Å². The van der Waals surface area contributed by atoms with Gasteiger partial charge >= 0.3 is 6.18 Å². The number of halogens is 3. The maximum Gasteiger partial charge on any atom is 0.416 e. The highest BCUT2D eigenvalue weighted by Crippen LogP contribution is 2.30. The second kappa shape index (κ2) is 6.72. The minimum Gasteiger partial charge on any atom is -0.459 e. The number of carbonyl (C=O) groups is 1. The van der Waals surface area contributed by atoms with E-state index in [1.807, 2.05) is 13.0 Å². The number of furan rings is 1. The number of rotatable bonds is 4. The third-order valence-electron chi connectivity index (χ3n) is 3.34. The number of benzene rings is 1. The Morgan fingerprint density at radius 1 is 1.20 bits per heavy atom. The summed E-state index contributed by atoms with van der Waals surface area (Å²) < 4.78 is 43.0. The van der Waals surface area contributed by atoms with E-state index in [4.69, 9.17) is 4.42 Å². The van der Waals surface area contributed by atoms with Crippen LogP contribution in [0, 0.1) is 6.92 Å². The van der Waals surface area contributed by atoms with Crippen LogP contribution in [0.25, 0.3) is 10.8 Å². The number of aromatic nitrogens is 1. The fourth-order valence-corrected chi connectivity index (χ4v) is 2.94. The Bertz CT molecular complexity index is 882. The molecule has 1 N–H and O–H groups in total. The monoisotopic (exact) mass is 366 g/mol. The van der Waals surface area contributed by atoms with Crippen molar-refractivity contribution in [2.45, 2.75) is 19.5 Å². The smallest absolute Gasteiger partial charge is 0.416 e. The lowest BCUT2D eigenvalue weighted by Gasteiger charge is -2.08. The Morgan fingerprint density at radius 2 is 1.92 bits per heavy atom. The Kier molecular flexibility index (Phi) is 4.63. The third-order valence-corrected chi connectivity index (χ3v) is 4.25. The van der Waals surface area contributed by atoms with E-state index >= 15 is 0 Å². The van der Waals surface area contributed by atoms with Crippen LogP contribution in [0.15, 0.2) is 46.2 Å². The summed E-state index contributed by atoms with van der Waals surface area (Å²) in [5.74, 6) is 1.05. The minimum atomic E-state index is -4.40. The average molecular weight is 366 g/mol. The second-order valence-electron chi connectivity index (χ2n) is 5.35. The summed E-state index contributed by atoms with van der Waals surface area (Å²) in [5, 5.41) is 4.98. The van der Waals surface area contributed by atoms with E-state index in [2.05, 4.69) is 10.3 Å². The number of thiazole rings is 1. The maximum atomic E-state index is 12.5. The van der Waals surface area contributed by atoms with Crippen molar-refractivity contribution in [3.8, 4) is 10.8 Å². The molecule has 1 amide bonds. The van der Waals surface area contributed by atoms with Gasteiger partial charge in [-0.05, 0) is 43.3 Å². The van der Waals surface area contributed by atoms with Gasteiger partial charge in [-0.25, -0.2) is 4.98 Å². The molecule has 25 heavy (non-hydrogen) atoms. The molecule has 0 fully saturated rings. The fourth-order valence-electron chi connectivity index (χ4n) is 2.16. The van der Waals surface area contributed by atoms with Crippen LogP contribution >= 0.6 is 11.3 Å². The van der Waals surface area contributed by atoms with E-state index in [0.29, 0.717) is 22.1 Å². The van der Waals surface area contributed by atoms with E-state index in [-0.39, 0.29) is 12.3 Å². The lowest BCUT2D eigenvalue weighted by molar-refractivity contribution is -0.137. The largest absolute Gasteiger partial charge is 0.459 e. The average Bonchev–Trinajstić information content (AvgIpc) is 3.15. The highest BCUT2D eigenvalue weighted by atomic mass is 32.1. The Hall–Kier alpha value is -2.61. The molecule has 1 aromatic carbocycles. The number of nitrogens with zero attached hydrogens (tertiary/aromatic N) is 1. The van der Waals surface area contributed by atoms with Gasteiger partial charge in [0.15, 0.2) is 10.8 Å². The Balaban J connectivity index is 1.62. The molecule has 3 rings (SSSR count). The van der Waals surface area contributed by atoms with Crippen LogP contribution in [0.1, 0.15) is 17.0 Å². The van der Waals surface area contributed by atoms with Gasteiger partial charge in [-0.1, -0.05) is 0 Å². The van der Waals surface area contributed by atoms with Crippen molar-refractivity contribution in [3.05, 3.63) is 58.8 Å². The molecule has 0 aliphatic heterocycles. The van der Waals surface area contributed by atoms with E-state index < -0.39 is 11.7 Å². The molecule has 0 saturated heterocycles. The maximum absolute atomic E-state index is 12.5. The van der Waals surface area contributed by atoms with Gasteiger partial charge in [-0.15, -0.1) is 11.3 Å². The molecule has 2 aromatic heterocycles. The summed E-state index contributed by atoms with van der Waals surface area (Å²) in [6.07, 6.45) is -4.37. The number of anilines is 1.